The van der Waals surface area contributed by atoms with Gasteiger partial charge in [-0.3, -0.25) is 4.79 Å². The first-order valence-electron chi connectivity index (χ1n) is 6.77. The molecule has 0 fully saturated rings. The Hall–Kier alpha value is -3.07. The fraction of sp³-hybridized carbons (Fsp3) is 0.188. The number of anilines is 1. The maximum atomic E-state index is 11.9. The van der Waals surface area contributed by atoms with Gasteiger partial charge in [-0.25, -0.2) is 4.98 Å². The highest BCUT2D eigenvalue weighted by Gasteiger charge is 2.07. The number of carbonyl (C=O) groups is 1. The maximum absolute atomic E-state index is 11.9. The smallest absolute Gasteiger partial charge is 0.249 e. The Morgan fingerprint density at radius 2 is 2.36 bits per heavy atom. The maximum Gasteiger partial charge on any atom is 0.249 e. The summed E-state index contributed by atoms with van der Waals surface area (Å²) in [5, 5.41) is 11.1. The van der Waals surface area contributed by atoms with Crippen molar-refractivity contribution in [1.82, 2.24) is 4.98 Å². The normalized spacial score (nSPS) is 10.3. The van der Waals surface area contributed by atoms with Gasteiger partial charge in [-0.15, -0.1) is 0 Å². The molecule has 2 rings (SSSR count). The van der Waals surface area contributed by atoms with Gasteiger partial charge in [0.1, 0.15) is 5.76 Å². The number of ether oxygens (including phenoxy) is 1. The molecule has 0 atom stereocenters. The lowest BCUT2D eigenvalue weighted by Crippen LogP contribution is -2.11. The van der Waals surface area contributed by atoms with Gasteiger partial charge in [0.15, 0.2) is 11.6 Å². The molecule has 0 unspecified atom stereocenters. The molecule has 6 nitrogen and oxygen atoms in total. The van der Waals surface area contributed by atoms with Crippen molar-refractivity contribution in [2.24, 2.45) is 0 Å². The minimum Gasteiger partial charge on any atom is -0.490 e. The summed E-state index contributed by atoms with van der Waals surface area (Å²) < 4.78 is 10.6. The van der Waals surface area contributed by atoms with Crippen molar-refractivity contribution in [3.8, 4) is 11.8 Å². The minimum absolute atomic E-state index is 0.336. The van der Waals surface area contributed by atoms with Crippen molar-refractivity contribution in [2.75, 3.05) is 11.9 Å². The van der Waals surface area contributed by atoms with Crippen LogP contribution in [-0.4, -0.2) is 17.5 Å². The summed E-state index contributed by atoms with van der Waals surface area (Å²) in [6, 6.07) is 8.96. The number of rotatable bonds is 7. The molecule has 1 N–H and O–H groups in total. The van der Waals surface area contributed by atoms with Crippen LogP contribution in [0, 0.1) is 11.3 Å². The van der Waals surface area contributed by atoms with Gasteiger partial charge in [-0.05, 0) is 36.8 Å². The number of aromatic nitrogens is 1. The predicted octanol–water partition coefficient (Wildman–Crippen LogP) is 3.01. The van der Waals surface area contributed by atoms with Crippen LogP contribution in [0.3, 0.4) is 0 Å². The molecule has 2 aromatic rings. The number of pyridine rings is 1. The first kappa shape index (κ1) is 15.3. The molecule has 2 heterocycles. The van der Waals surface area contributed by atoms with E-state index in [0.717, 1.165) is 0 Å². The quantitative estimate of drug-likeness (QED) is 0.627. The summed E-state index contributed by atoms with van der Waals surface area (Å²) in [5.74, 6) is 1.06. The summed E-state index contributed by atoms with van der Waals surface area (Å²) in [4.78, 5) is 15.9. The van der Waals surface area contributed by atoms with Gasteiger partial charge in [-0.2, -0.15) is 5.26 Å². The van der Waals surface area contributed by atoms with Crippen molar-refractivity contribution >= 4 is 17.8 Å². The second kappa shape index (κ2) is 8.27. The van der Waals surface area contributed by atoms with Crippen LogP contribution in [-0.2, 0) is 4.79 Å². The van der Waals surface area contributed by atoms with E-state index in [1.807, 2.05) is 6.07 Å². The molecule has 0 aliphatic rings. The Bertz CT molecular complexity index is 672. The number of hydrogen-bond donors (Lipinski definition) is 1. The van der Waals surface area contributed by atoms with E-state index in [1.165, 1.54) is 12.3 Å². The van der Waals surface area contributed by atoms with Crippen LogP contribution < -0.4 is 10.1 Å². The monoisotopic (exact) mass is 297 g/mol. The SMILES string of the molecule is N#CCCCOc1cccnc1NC(=O)C=Cc1ccco1. The summed E-state index contributed by atoms with van der Waals surface area (Å²) in [6.07, 6.45) is 7.06. The lowest BCUT2D eigenvalue weighted by Gasteiger charge is -2.09. The molecule has 0 bridgehead atoms. The summed E-state index contributed by atoms with van der Waals surface area (Å²) in [7, 11) is 0. The Morgan fingerprint density at radius 3 is 3.14 bits per heavy atom. The van der Waals surface area contributed by atoms with E-state index in [4.69, 9.17) is 14.4 Å². The fourth-order valence-electron chi connectivity index (χ4n) is 1.64. The molecule has 0 spiro atoms. The average Bonchev–Trinajstić information content (AvgIpc) is 3.04. The lowest BCUT2D eigenvalue weighted by atomic mass is 10.3. The van der Waals surface area contributed by atoms with E-state index < -0.39 is 0 Å². The summed E-state index contributed by atoms with van der Waals surface area (Å²) in [6.45, 7) is 0.393. The Labute approximate surface area is 128 Å². The molecule has 0 aliphatic carbocycles. The highest BCUT2D eigenvalue weighted by atomic mass is 16.5. The van der Waals surface area contributed by atoms with Gasteiger partial charge in [0.05, 0.1) is 18.9 Å². The molecule has 0 saturated carbocycles. The molecule has 1 amide bonds. The summed E-state index contributed by atoms with van der Waals surface area (Å²) in [5.41, 5.74) is 0. The van der Waals surface area contributed by atoms with Gasteiger partial charge < -0.3 is 14.5 Å². The number of nitrogens with one attached hydrogen (secondary N) is 1. The topological polar surface area (TPSA) is 88.1 Å². The van der Waals surface area contributed by atoms with Crippen LogP contribution >= 0.6 is 0 Å². The Balaban J connectivity index is 1.94. The molecular formula is C16H15N3O3. The van der Waals surface area contributed by atoms with Gasteiger partial charge in [-0.1, -0.05) is 0 Å². The first-order chi connectivity index (χ1) is 10.8. The number of amides is 1. The zero-order chi connectivity index (χ0) is 15.6. The predicted molar refractivity (Wildman–Crippen MR) is 81.0 cm³/mol. The van der Waals surface area contributed by atoms with Crippen LogP contribution in [0.4, 0.5) is 5.82 Å². The van der Waals surface area contributed by atoms with Crippen molar-refractivity contribution in [1.29, 1.82) is 5.26 Å². The first-order valence-corrected chi connectivity index (χ1v) is 6.77. The van der Waals surface area contributed by atoms with Crippen molar-refractivity contribution < 1.29 is 13.9 Å². The highest BCUT2D eigenvalue weighted by Crippen LogP contribution is 2.21. The molecule has 0 aromatic carbocycles. The largest absolute Gasteiger partial charge is 0.490 e. The lowest BCUT2D eigenvalue weighted by molar-refractivity contribution is -0.111. The van der Waals surface area contributed by atoms with Crippen molar-refractivity contribution in [3.05, 3.63) is 48.6 Å². The molecule has 0 aliphatic heterocycles. The number of hydrogen-bond acceptors (Lipinski definition) is 5. The molecular weight excluding hydrogens is 282 g/mol. The van der Waals surface area contributed by atoms with E-state index in [2.05, 4.69) is 10.3 Å². The van der Waals surface area contributed by atoms with E-state index in [1.54, 1.807) is 36.5 Å². The van der Waals surface area contributed by atoms with E-state index in [0.29, 0.717) is 36.8 Å². The molecule has 22 heavy (non-hydrogen) atoms. The highest BCUT2D eigenvalue weighted by molar-refractivity contribution is 6.01. The van der Waals surface area contributed by atoms with Crippen LogP contribution in [0.1, 0.15) is 18.6 Å². The third kappa shape index (κ3) is 4.80. The Kier molecular flexibility index (Phi) is 5.76. The third-order valence-corrected chi connectivity index (χ3v) is 2.64. The van der Waals surface area contributed by atoms with Gasteiger partial charge in [0.25, 0.3) is 0 Å². The second-order valence-electron chi connectivity index (χ2n) is 4.30. The van der Waals surface area contributed by atoms with Crippen molar-refractivity contribution in [2.45, 2.75) is 12.8 Å². The van der Waals surface area contributed by atoms with Gasteiger partial charge in [0, 0.05) is 18.7 Å². The van der Waals surface area contributed by atoms with Crippen LogP contribution in [0.5, 0.6) is 5.75 Å². The van der Waals surface area contributed by atoms with Crippen LogP contribution in [0.25, 0.3) is 6.08 Å². The van der Waals surface area contributed by atoms with E-state index in [9.17, 15) is 4.79 Å². The number of carbonyl (C=O) groups excluding carboxylic acids is 1. The second-order valence-corrected chi connectivity index (χ2v) is 4.30. The number of unbranched alkanes of at least 4 members (excludes halogenated alkanes) is 1. The van der Waals surface area contributed by atoms with Gasteiger partial charge in [0.2, 0.25) is 5.91 Å². The summed E-state index contributed by atoms with van der Waals surface area (Å²) >= 11 is 0. The molecule has 6 heteroatoms. The zero-order valence-electron chi connectivity index (χ0n) is 11.9. The number of nitrogens with zero attached hydrogens (tertiary/aromatic N) is 2. The Morgan fingerprint density at radius 1 is 1.45 bits per heavy atom. The molecule has 0 saturated heterocycles. The van der Waals surface area contributed by atoms with E-state index >= 15 is 0 Å². The third-order valence-electron chi connectivity index (χ3n) is 2.64. The van der Waals surface area contributed by atoms with Crippen molar-refractivity contribution in [3.63, 3.8) is 0 Å². The zero-order valence-corrected chi connectivity index (χ0v) is 11.9. The fourth-order valence-corrected chi connectivity index (χ4v) is 1.64. The number of nitriles is 1. The molecule has 0 radical (unpaired) electrons. The van der Waals surface area contributed by atoms with Crippen LogP contribution in [0.15, 0.2) is 47.2 Å². The molecule has 2 aromatic heterocycles. The standard InChI is InChI=1S/C16H15N3O3/c17-9-1-2-11-22-14-6-3-10-18-16(14)19-15(20)8-7-13-5-4-12-21-13/h3-8,10,12H,1-2,11H2,(H,18,19,20). The molecule has 112 valence electrons. The number of furan rings is 1. The van der Waals surface area contributed by atoms with Gasteiger partial charge >= 0.3 is 0 Å². The minimum atomic E-state index is -0.336. The average molecular weight is 297 g/mol. The van der Waals surface area contributed by atoms with Crippen LogP contribution in [0.2, 0.25) is 0 Å². The van der Waals surface area contributed by atoms with E-state index in [-0.39, 0.29) is 5.91 Å².